The zero-order chi connectivity index (χ0) is 26.5. The number of amides is 1. The lowest BCUT2D eigenvalue weighted by molar-refractivity contribution is -0.136. The average molecular weight is 516 g/mol. The van der Waals surface area contributed by atoms with Crippen molar-refractivity contribution in [3.8, 4) is 17.3 Å². The minimum atomic E-state index is -1.07. The molecule has 0 bridgehead atoms. The maximum atomic E-state index is 12.9. The molecule has 8 nitrogen and oxygen atoms in total. The second-order valence-electron chi connectivity index (χ2n) is 10.2. The fourth-order valence-corrected chi connectivity index (χ4v) is 5.46. The number of carbonyl (C=O) groups excluding carboxylic acids is 1. The van der Waals surface area contributed by atoms with Crippen molar-refractivity contribution in [3.63, 3.8) is 0 Å². The molecule has 5 rings (SSSR count). The number of carboxylic acid groups (broad SMARTS) is 1. The van der Waals surface area contributed by atoms with Crippen molar-refractivity contribution in [1.82, 2.24) is 14.9 Å². The Labute approximate surface area is 222 Å². The number of hydrogen-bond acceptors (Lipinski definition) is 6. The van der Waals surface area contributed by atoms with Crippen LogP contribution in [0.3, 0.4) is 0 Å². The quantitative estimate of drug-likeness (QED) is 0.392. The number of carbonyl (C=O) groups is 2. The van der Waals surface area contributed by atoms with Crippen LogP contribution in [0.5, 0.6) is 5.75 Å². The molecular formula is C30H33N3O5. The summed E-state index contributed by atoms with van der Waals surface area (Å²) in [5, 5.41) is 9.73. The molecule has 2 atom stereocenters. The number of hydrogen-bond donors (Lipinski definition) is 1. The predicted octanol–water partition coefficient (Wildman–Crippen LogP) is 5.17. The minimum Gasteiger partial charge on any atom is -0.493 e. The highest BCUT2D eigenvalue weighted by molar-refractivity contribution is 5.98. The van der Waals surface area contributed by atoms with Gasteiger partial charge in [-0.2, -0.15) is 0 Å². The number of fused-ring (bicyclic) bond motifs is 1. The highest BCUT2D eigenvalue weighted by Gasteiger charge is 2.36. The number of carboxylic acids is 1. The van der Waals surface area contributed by atoms with E-state index >= 15 is 0 Å². The number of aryl methyl sites for hydroxylation is 1. The molecule has 1 N–H and O–H groups in total. The van der Waals surface area contributed by atoms with Gasteiger partial charge in [-0.05, 0) is 67.5 Å². The predicted molar refractivity (Wildman–Crippen MR) is 142 cm³/mol. The van der Waals surface area contributed by atoms with Crippen LogP contribution >= 0.6 is 0 Å². The van der Waals surface area contributed by atoms with E-state index in [9.17, 15) is 14.7 Å². The third kappa shape index (κ3) is 6.13. The van der Waals surface area contributed by atoms with Gasteiger partial charge in [0.15, 0.2) is 0 Å². The van der Waals surface area contributed by atoms with Crippen molar-refractivity contribution in [3.05, 3.63) is 71.3 Å². The monoisotopic (exact) mass is 515 g/mol. The van der Waals surface area contributed by atoms with Crippen LogP contribution in [0.4, 0.5) is 0 Å². The van der Waals surface area contributed by atoms with Crippen LogP contribution in [0.2, 0.25) is 0 Å². The second-order valence-corrected chi connectivity index (χ2v) is 10.2. The van der Waals surface area contributed by atoms with Crippen molar-refractivity contribution in [2.45, 2.75) is 45.4 Å². The molecule has 2 fully saturated rings. The molecule has 1 aromatic carbocycles. The fourth-order valence-electron chi connectivity index (χ4n) is 5.46. The SMILES string of the molecule is Cc1oc(-c2ccccn2)nc1CCOc1ccc(/C=C(\CC(=O)N2C[C@H]3CCCC[C@H]3C2)C(=O)O)cc1. The standard InChI is InChI=1S/C30H33N3O5/c1-20-26(32-29(38-20)27-8-4-5-14-31-27)13-15-37-25-11-9-21(10-12-25)16-24(30(35)36)17-28(34)33-18-22-6-2-3-7-23(22)19-33/h4-5,8-12,14,16,22-23H,2-3,6-7,13,15,17-19H2,1H3,(H,35,36)/b24-16+/t22-,23+. The van der Waals surface area contributed by atoms with E-state index in [1.54, 1.807) is 36.5 Å². The lowest BCUT2D eigenvalue weighted by Crippen LogP contribution is -2.29. The van der Waals surface area contributed by atoms with Crippen LogP contribution in [0.25, 0.3) is 17.7 Å². The van der Waals surface area contributed by atoms with E-state index in [0.29, 0.717) is 47.8 Å². The summed E-state index contributed by atoms with van der Waals surface area (Å²) in [7, 11) is 0. The van der Waals surface area contributed by atoms with E-state index in [-0.39, 0.29) is 17.9 Å². The molecule has 2 aliphatic rings. The summed E-state index contributed by atoms with van der Waals surface area (Å²) in [6, 6.07) is 12.8. The molecule has 0 unspecified atom stereocenters. The van der Waals surface area contributed by atoms with Crippen molar-refractivity contribution in [2.75, 3.05) is 19.7 Å². The topological polar surface area (TPSA) is 106 Å². The van der Waals surface area contributed by atoms with Crippen LogP contribution < -0.4 is 4.74 Å². The van der Waals surface area contributed by atoms with Crippen LogP contribution in [-0.4, -0.2) is 51.5 Å². The van der Waals surface area contributed by atoms with Gasteiger partial charge in [0.05, 0.1) is 18.7 Å². The van der Waals surface area contributed by atoms with E-state index in [4.69, 9.17) is 9.15 Å². The van der Waals surface area contributed by atoms with Gasteiger partial charge in [-0.1, -0.05) is 31.0 Å². The van der Waals surface area contributed by atoms with Crippen molar-refractivity contribution >= 4 is 18.0 Å². The molecule has 0 spiro atoms. The smallest absolute Gasteiger partial charge is 0.332 e. The molecule has 1 aliphatic carbocycles. The summed E-state index contributed by atoms with van der Waals surface area (Å²) in [5.41, 5.74) is 2.32. The fraction of sp³-hybridized carbons (Fsp3) is 0.400. The summed E-state index contributed by atoms with van der Waals surface area (Å²) in [6.45, 7) is 3.82. The van der Waals surface area contributed by atoms with Gasteiger partial charge in [0.25, 0.3) is 0 Å². The van der Waals surface area contributed by atoms with Crippen molar-refractivity contribution in [1.29, 1.82) is 0 Å². The van der Waals surface area contributed by atoms with E-state index in [1.165, 1.54) is 25.7 Å². The molecule has 1 saturated heterocycles. The maximum absolute atomic E-state index is 12.9. The highest BCUT2D eigenvalue weighted by atomic mass is 16.5. The molecule has 3 aromatic rings. The van der Waals surface area contributed by atoms with E-state index in [1.807, 2.05) is 30.0 Å². The number of aromatic nitrogens is 2. The second kappa shape index (κ2) is 11.6. The van der Waals surface area contributed by atoms with Gasteiger partial charge in [0.1, 0.15) is 17.2 Å². The Morgan fingerprint density at radius 1 is 1.11 bits per heavy atom. The van der Waals surface area contributed by atoms with Gasteiger partial charge in [-0.15, -0.1) is 0 Å². The van der Waals surface area contributed by atoms with Gasteiger partial charge in [-0.3, -0.25) is 9.78 Å². The zero-order valence-corrected chi connectivity index (χ0v) is 21.6. The molecule has 0 radical (unpaired) electrons. The third-order valence-corrected chi connectivity index (χ3v) is 7.55. The molecule has 1 aliphatic heterocycles. The third-order valence-electron chi connectivity index (χ3n) is 7.55. The zero-order valence-electron chi connectivity index (χ0n) is 21.6. The maximum Gasteiger partial charge on any atom is 0.332 e. The van der Waals surface area contributed by atoms with Crippen molar-refractivity contribution < 1.29 is 23.8 Å². The van der Waals surface area contributed by atoms with Gasteiger partial charge in [-0.25, -0.2) is 9.78 Å². The van der Waals surface area contributed by atoms with Crippen LogP contribution in [-0.2, 0) is 16.0 Å². The first kappa shape index (κ1) is 25.7. The summed E-state index contributed by atoms with van der Waals surface area (Å²) in [4.78, 5) is 35.4. The normalized spacial score (nSPS) is 19.3. The number of pyridine rings is 1. The molecule has 38 heavy (non-hydrogen) atoms. The van der Waals surface area contributed by atoms with Gasteiger partial charge < -0.3 is 19.2 Å². The van der Waals surface area contributed by atoms with Crippen LogP contribution in [0.1, 0.15) is 49.1 Å². The molecule has 8 heteroatoms. The number of rotatable bonds is 9. The number of benzene rings is 1. The molecule has 198 valence electrons. The minimum absolute atomic E-state index is 0.0927. The van der Waals surface area contributed by atoms with Gasteiger partial charge >= 0.3 is 5.97 Å². The van der Waals surface area contributed by atoms with E-state index in [0.717, 1.165) is 24.5 Å². The Hall–Kier alpha value is -3.94. The van der Waals surface area contributed by atoms with Gasteiger partial charge in [0.2, 0.25) is 11.8 Å². The number of aliphatic carboxylic acids is 1. The Balaban J connectivity index is 1.15. The van der Waals surface area contributed by atoms with E-state index in [2.05, 4.69) is 9.97 Å². The molecule has 3 heterocycles. The van der Waals surface area contributed by atoms with Crippen molar-refractivity contribution in [2.24, 2.45) is 11.8 Å². The molecular weight excluding hydrogens is 482 g/mol. The highest BCUT2D eigenvalue weighted by Crippen LogP contribution is 2.36. The average Bonchev–Trinajstić information content (AvgIpc) is 3.53. The number of nitrogens with zero attached hydrogens (tertiary/aromatic N) is 3. The summed E-state index contributed by atoms with van der Waals surface area (Å²) in [6.07, 6.45) is 8.57. The van der Waals surface area contributed by atoms with Crippen LogP contribution in [0, 0.1) is 18.8 Å². The number of oxazole rings is 1. The first-order valence-electron chi connectivity index (χ1n) is 13.3. The summed E-state index contributed by atoms with van der Waals surface area (Å²) >= 11 is 0. The Morgan fingerprint density at radius 2 is 1.84 bits per heavy atom. The number of likely N-dealkylation sites (tertiary alicyclic amines) is 1. The lowest BCUT2D eigenvalue weighted by atomic mass is 9.82. The van der Waals surface area contributed by atoms with Crippen LogP contribution in [0.15, 0.2) is 58.7 Å². The molecule has 2 aromatic heterocycles. The first-order chi connectivity index (χ1) is 18.5. The van der Waals surface area contributed by atoms with E-state index < -0.39 is 5.97 Å². The Bertz CT molecular complexity index is 1290. The molecule has 1 amide bonds. The summed E-state index contributed by atoms with van der Waals surface area (Å²) < 4.78 is 11.6. The lowest BCUT2D eigenvalue weighted by Gasteiger charge is -2.22. The molecule has 1 saturated carbocycles. The largest absolute Gasteiger partial charge is 0.493 e. The number of ether oxygens (including phenoxy) is 1. The Kier molecular flexibility index (Phi) is 7.86. The Morgan fingerprint density at radius 3 is 2.50 bits per heavy atom. The first-order valence-corrected chi connectivity index (χ1v) is 13.3. The van der Waals surface area contributed by atoms with Gasteiger partial charge in [0, 0.05) is 31.3 Å². The summed E-state index contributed by atoms with van der Waals surface area (Å²) in [5.74, 6) is 1.89.